The summed E-state index contributed by atoms with van der Waals surface area (Å²) in [6, 6.07) is 60.8. The summed E-state index contributed by atoms with van der Waals surface area (Å²) in [5.41, 5.74) is 16.3. The van der Waals surface area contributed by atoms with Gasteiger partial charge in [-0.15, -0.1) is 0 Å². The van der Waals surface area contributed by atoms with Gasteiger partial charge in [-0.1, -0.05) is 98.1 Å². The number of nitrogens with zero attached hydrogens (tertiary/aromatic N) is 2. The number of rotatable bonds is 7. The fourth-order valence-corrected chi connectivity index (χ4v) is 10.5. The van der Waals surface area contributed by atoms with Crippen LogP contribution in [0, 0.1) is 0 Å². The van der Waals surface area contributed by atoms with Crippen LogP contribution in [0.2, 0.25) is 0 Å². The zero-order valence-electron chi connectivity index (χ0n) is 31.8. The highest BCUT2D eigenvalue weighted by Gasteiger charge is 2.45. The summed E-state index contributed by atoms with van der Waals surface area (Å²) >= 11 is 0. The van der Waals surface area contributed by atoms with Crippen LogP contribution in [-0.2, 0) is 18.3 Å². The van der Waals surface area contributed by atoms with Gasteiger partial charge in [0.2, 0.25) is 0 Å². The molecular weight excluding hydrogens is 681 g/mol. The van der Waals surface area contributed by atoms with Gasteiger partial charge in [0.05, 0.1) is 0 Å². The van der Waals surface area contributed by atoms with Crippen LogP contribution in [-0.4, -0.2) is 0 Å². The van der Waals surface area contributed by atoms with Crippen molar-refractivity contribution in [2.24, 2.45) is 0 Å². The summed E-state index contributed by atoms with van der Waals surface area (Å²) in [7, 11) is 0. The van der Waals surface area contributed by atoms with Crippen molar-refractivity contribution < 1.29 is 4.42 Å². The summed E-state index contributed by atoms with van der Waals surface area (Å²) in [4.78, 5) is 4.87. The second-order valence-corrected chi connectivity index (χ2v) is 16.3. The van der Waals surface area contributed by atoms with E-state index in [2.05, 4.69) is 174 Å². The van der Waals surface area contributed by atoms with Crippen LogP contribution in [0.15, 0.2) is 168 Å². The average molecular weight is 727 g/mol. The number of aryl methyl sites for hydroxylation is 2. The van der Waals surface area contributed by atoms with Crippen LogP contribution in [0.1, 0.15) is 78.7 Å². The first kappa shape index (κ1) is 33.3. The van der Waals surface area contributed by atoms with E-state index in [4.69, 9.17) is 4.42 Å². The maximum atomic E-state index is 6.47. The first-order valence-electron chi connectivity index (χ1n) is 20.7. The van der Waals surface area contributed by atoms with Gasteiger partial charge in [0.15, 0.2) is 0 Å². The molecular formula is C53H46N2O. The number of benzene rings is 7. The fourth-order valence-electron chi connectivity index (χ4n) is 10.5. The molecule has 0 N–H and O–H groups in total. The van der Waals surface area contributed by atoms with Crippen molar-refractivity contribution in [3.05, 3.63) is 192 Å². The summed E-state index contributed by atoms with van der Waals surface area (Å²) in [5.74, 6) is 0.671. The van der Waals surface area contributed by atoms with E-state index >= 15 is 0 Å². The molecule has 1 spiro atoms. The Balaban J connectivity index is 1.03. The number of hydrogen-bond acceptors (Lipinski definition) is 3. The highest BCUT2D eigenvalue weighted by Crippen LogP contribution is 2.55. The maximum Gasteiger partial charge on any atom is 0.137 e. The van der Waals surface area contributed by atoms with E-state index in [1.54, 1.807) is 0 Å². The van der Waals surface area contributed by atoms with Crippen LogP contribution < -0.4 is 9.80 Å². The third-order valence-electron chi connectivity index (χ3n) is 13.3. The normalized spacial score (nSPS) is 17.7. The number of fused-ring (bicyclic) bond motifs is 7. The van der Waals surface area contributed by atoms with E-state index in [-0.39, 0.29) is 5.41 Å². The molecule has 8 aromatic rings. The summed E-state index contributed by atoms with van der Waals surface area (Å²) in [6.07, 6.45) is 11.1. The molecule has 11 rings (SSSR count). The lowest BCUT2D eigenvalue weighted by atomic mass is 9.76. The van der Waals surface area contributed by atoms with Crippen LogP contribution in [0.4, 0.5) is 34.1 Å². The Hall–Kier alpha value is -6.06. The van der Waals surface area contributed by atoms with E-state index in [1.165, 1.54) is 88.4 Å². The van der Waals surface area contributed by atoms with Crippen molar-refractivity contribution in [3.63, 3.8) is 0 Å². The van der Waals surface area contributed by atoms with Crippen LogP contribution in [0.25, 0.3) is 21.9 Å². The minimum absolute atomic E-state index is 0.0189. The lowest BCUT2D eigenvalue weighted by Crippen LogP contribution is -2.22. The van der Waals surface area contributed by atoms with E-state index in [1.807, 2.05) is 0 Å². The standard InChI is InChI=1S/C53H46N2O/c1-4-12-37(13-5-1)38-20-24-43(25-21-38)55(46-28-29-48-47-18-10-11-19-51(47)56-52(48)36-46)45-27-23-40-31-33-53(50(40)35-45)32-30-39-22-26-44(34-49(39)53)54(41-14-6-2-7-15-41)42-16-8-3-9-17-42/h2-3,6-11,14-29,34-37H,1,4-5,12-13,30-33H2/t53-/m1/s1. The van der Waals surface area contributed by atoms with Crippen LogP contribution in [0.3, 0.4) is 0 Å². The predicted octanol–water partition coefficient (Wildman–Crippen LogP) is 14.8. The lowest BCUT2D eigenvalue weighted by Gasteiger charge is -2.31. The molecule has 7 aromatic carbocycles. The molecule has 1 saturated carbocycles. The van der Waals surface area contributed by atoms with Crippen LogP contribution >= 0.6 is 0 Å². The average Bonchev–Trinajstić information content (AvgIpc) is 3.95. The van der Waals surface area contributed by atoms with Gasteiger partial charge in [0, 0.05) is 56.4 Å². The molecule has 1 atom stereocenters. The zero-order chi connectivity index (χ0) is 37.1. The smallest absolute Gasteiger partial charge is 0.137 e. The minimum atomic E-state index is -0.0189. The summed E-state index contributed by atoms with van der Waals surface area (Å²) < 4.78 is 6.47. The Morgan fingerprint density at radius 3 is 1.57 bits per heavy atom. The third-order valence-corrected chi connectivity index (χ3v) is 13.3. The quantitative estimate of drug-likeness (QED) is 0.163. The van der Waals surface area contributed by atoms with Crippen LogP contribution in [0.5, 0.6) is 0 Å². The Bertz CT molecular complexity index is 2650. The minimum Gasteiger partial charge on any atom is -0.456 e. The molecule has 3 nitrogen and oxygen atoms in total. The molecule has 274 valence electrons. The van der Waals surface area contributed by atoms with Gasteiger partial charge in [-0.3, -0.25) is 0 Å². The van der Waals surface area contributed by atoms with Crippen molar-refractivity contribution in [2.75, 3.05) is 9.80 Å². The molecule has 56 heavy (non-hydrogen) atoms. The van der Waals surface area contributed by atoms with Gasteiger partial charge in [-0.2, -0.15) is 0 Å². The number of anilines is 6. The number of hydrogen-bond donors (Lipinski definition) is 0. The number of para-hydroxylation sites is 3. The van der Waals surface area contributed by atoms with Gasteiger partial charge in [0.25, 0.3) is 0 Å². The predicted molar refractivity (Wildman–Crippen MR) is 233 cm³/mol. The maximum absolute atomic E-state index is 6.47. The van der Waals surface area contributed by atoms with Crippen molar-refractivity contribution in [1.29, 1.82) is 0 Å². The molecule has 0 amide bonds. The summed E-state index contributed by atoms with van der Waals surface area (Å²) in [5, 5.41) is 2.32. The highest BCUT2D eigenvalue weighted by molar-refractivity contribution is 6.06. The lowest BCUT2D eigenvalue weighted by molar-refractivity contribution is 0.443. The molecule has 0 saturated heterocycles. The second kappa shape index (κ2) is 13.6. The van der Waals surface area contributed by atoms with Gasteiger partial charge in [-0.05, 0) is 151 Å². The third kappa shape index (κ3) is 5.55. The second-order valence-electron chi connectivity index (χ2n) is 16.3. The van der Waals surface area contributed by atoms with E-state index in [0.717, 1.165) is 53.3 Å². The summed E-state index contributed by atoms with van der Waals surface area (Å²) in [6.45, 7) is 0. The van der Waals surface area contributed by atoms with Gasteiger partial charge in [0.1, 0.15) is 11.2 Å². The van der Waals surface area contributed by atoms with Crippen molar-refractivity contribution >= 4 is 56.1 Å². The largest absolute Gasteiger partial charge is 0.456 e. The fraction of sp³-hybridized carbons (Fsp3) is 0.208. The monoisotopic (exact) mass is 726 g/mol. The Labute approximate surface area is 329 Å². The van der Waals surface area contributed by atoms with E-state index in [9.17, 15) is 0 Å². The zero-order valence-corrected chi connectivity index (χ0v) is 31.8. The molecule has 0 aliphatic heterocycles. The first-order valence-corrected chi connectivity index (χ1v) is 20.7. The topological polar surface area (TPSA) is 19.6 Å². The highest BCUT2D eigenvalue weighted by atomic mass is 16.3. The Kier molecular flexibility index (Phi) is 8.09. The SMILES string of the molecule is c1ccc(N(c2ccccc2)c2ccc3c(c2)[C@@]2(CC3)CCc3ccc(N(c4ccc(C5CCCCC5)cc4)c4ccc5c(c4)oc4ccccc45)cc32)cc1. The molecule has 3 aliphatic carbocycles. The van der Waals surface area contributed by atoms with Crippen molar-refractivity contribution in [3.8, 4) is 0 Å². The Morgan fingerprint density at radius 2 is 0.929 bits per heavy atom. The molecule has 1 fully saturated rings. The van der Waals surface area contributed by atoms with E-state index < -0.39 is 0 Å². The Morgan fingerprint density at radius 1 is 0.429 bits per heavy atom. The van der Waals surface area contributed by atoms with Gasteiger partial charge >= 0.3 is 0 Å². The first-order chi connectivity index (χ1) is 27.7. The molecule has 0 bridgehead atoms. The van der Waals surface area contributed by atoms with Gasteiger partial charge in [-0.25, -0.2) is 0 Å². The molecule has 1 heterocycles. The molecule has 1 aromatic heterocycles. The van der Waals surface area contributed by atoms with Gasteiger partial charge < -0.3 is 14.2 Å². The molecule has 0 unspecified atom stereocenters. The molecule has 3 heteroatoms. The number of furan rings is 1. The van der Waals surface area contributed by atoms with Crippen molar-refractivity contribution in [2.45, 2.75) is 69.1 Å². The van der Waals surface area contributed by atoms with Crippen molar-refractivity contribution in [1.82, 2.24) is 0 Å². The van der Waals surface area contributed by atoms with E-state index in [0.29, 0.717) is 5.92 Å². The molecule has 0 radical (unpaired) electrons. The molecule has 3 aliphatic rings.